The molecular weight excluding hydrogens is 292 g/mol. The van der Waals surface area contributed by atoms with Gasteiger partial charge in [-0.1, -0.05) is 23.7 Å². The molecule has 0 radical (unpaired) electrons. The van der Waals surface area contributed by atoms with E-state index >= 15 is 0 Å². The SMILES string of the molecule is Cc1cc(Cl)nc(NC(=O)C(N)Cc2ccc(O)cc2)n1. The van der Waals surface area contributed by atoms with Gasteiger partial charge in [0.2, 0.25) is 11.9 Å². The van der Waals surface area contributed by atoms with Crippen LogP contribution >= 0.6 is 11.6 Å². The van der Waals surface area contributed by atoms with Crippen molar-refractivity contribution in [2.75, 3.05) is 5.32 Å². The molecule has 21 heavy (non-hydrogen) atoms. The number of hydrogen-bond acceptors (Lipinski definition) is 5. The zero-order chi connectivity index (χ0) is 15.4. The number of nitrogens with two attached hydrogens (primary N) is 1. The second-order valence-corrected chi connectivity index (χ2v) is 5.01. The minimum Gasteiger partial charge on any atom is -0.508 e. The van der Waals surface area contributed by atoms with Gasteiger partial charge >= 0.3 is 0 Å². The Hall–Kier alpha value is -2.18. The normalized spacial score (nSPS) is 12.0. The monoisotopic (exact) mass is 306 g/mol. The average Bonchev–Trinajstić information content (AvgIpc) is 2.40. The lowest BCUT2D eigenvalue weighted by atomic mass is 10.1. The number of aromatic nitrogens is 2. The number of hydrogen-bond donors (Lipinski definition) is 3. The number of rotatable bonds is 4. The number of carbonyl (C=O) groups excluding carboxylic acids is 1. The minimum atomic E-state index is -0.752. The number of aromatic hydroxyl groups is 1. The van der Waals surface area contributed by atoms with Crippen molar-refractivity contribution in [3.05, 3.63) is 46.7 Å². The molecule has 1 aromatic heterocycles. The molecule has 1 atom stereocenters. The first-order chi connectivity index (χ1) is 9.94. The average molecular weight is 307 g/mol. The van der Waals surface area contributed by atoms with E-state index in [-0.39, 0.29) is 16.9 Å². The van der Waals surface area contributed by atoms with E-state index in [0.29, 0.717) is 12.1 Å². The summed E-state index contributed by atoms with van der Waals surface area (Å²) in [6.45, 7) is 1.75. The van der Waals surface area contributed by atoms with Gasteiger partial charge in [-0.25, -0.2) is 9.97 Å². The van der Waals surface area contributed by atoms with Crippen LogP contribution in [-0.4, -0.2) is 27.0 Å². The van der Waals surface area contributed by atoms with Crippen molar-refractivity contribution < 1.29 is 9.90 Å². The van der Waals surface area contributed by atoms with Crippen LogP contribution in [0.2, 0.25) is 5.15 Å². The number of nitrogens with one attached hydrogen (secondary N) is 1. The Bertz CT molecular complexity index is 626. The van der Waals surface area contributed by atoms with E-state index in [1.165, 1.54) is 0 Å². The fraction of sp³-hybridized carbons (Fsp3) is 0.214. The molecule has 0 bridgehead atoms. The zero-order valence-electron chi connectivity index (χ0n) is 11.4. The Morgan fingerprint density at radius 2 is 2.05 bits per heavy atom. The summed E-state index contributed by atoms with van der Waals surface area (Å²) in [5, 5.41) is 12.0. The second-order valence-electron chi connectivity index (χ2n) is 4.62. The van der Waals surface area contributed by atoms with Crippen molar-refractivity contribution in [2.24, 2.45) is 5.73 Å². The summed E-state index contributed by atoms with van der Waals surface area (Å²) < 4.78 is 0. The number of carbonyl (C=O) groups is 1. The van der Waals surface area contributed by atoms with E-state index in [4.69, 9.17) is 17.3 Å². The summed E-state index contributed by atoms with van der Waals surface area (Å²) in [6.07, 6.45) is 0.339. The Balaban J connectivity index is 2.00. The summed E-state index contributed by atoms with van der Waals surface area (Å²) in [7, 11) is 0. The molecule has 2 aromatic rings. The highest BCUT2D eigenvalue weighted by molar-refractivity contribution is 6.29. The second kappa shape index (κ2) is 6.51. The van der Waals surface area contributed by atoms with Crippen LogP contribution in [0.3, 0.4) is 0 Å². The molecule has 0 aliphatic heterocycles. The maximum atomic E-state index is 12.0. The molecule has 0 saturated heterocycles. The first-order valence-corrected chi connectivity index (χ1v) is 6.67. The molecule has 1 aromatic carbocycles. The van der Waals surface area contributed by atoms with E-state index in [0.717, 1.165) is 5.56 Å². The smallest absolute Gasteiger partial charge is 0.243 e. The predicted molar refractivity (Wildman–Crippen MR) is 80.2 cm³/mol. The van der Waals surface area contributed by atoms with Crippen LogP contribution in [0.15, 0.2) is 30.3 Å². The van der Waals surface area contributed by atoms with E-state index < -0.39 is 11.9 Å². The van der Waals surface area contributed by atoms with Crippen molar-refractivity contribution in [3.63, 3.8) is 0 Å². The summed E-state index contributed by atoms with van der Waals surface area (Å²) in [4.78, 5) is 20.0. The largest absolute Gasteiger partial charge is 0.508 e. The summed E-state index contributed by atoms with van der Waals surface area (Å²) in [5.74, 6) is -0.101. The molecular formula is C14H15ClN4O2. The topological polar surface area (TPSA) is 101 Å². The molecule has 110 valence electrons. The Morgan fingerprint density at radius 3 is 2.67 bits per heavy atom. The molecule has 6 nitrogen and oxygen atoms in total. The summed E-state index contributed by atoms with van der Waals surface area (Å²) >= 11 is 5.80. The van der Waals surface area contributed by atoms with Crippen LogP contribution < -0.4 is 11.1 Å². The highest BCUT2D eigenvalue weighted by Gasteiger charge is 2.16. The third-order valence-electron chi connectivity index (χ3n) is 2.79. The third kappa shape index (κ3) is 4.40. The first kappa shape index (κ1) is 15.2. The van der Waals surface area contributed by atoms with Gasteiger partial charge in [0.1, 0.15) is 10.9 Å². The Kier molecular flexibility index (Phi) is 4.72. The van der Waals surface area contributed by atoms with Gasteiger partial charge in [0.15, 0.2) is 0 Å². The van der Waals surface area contributed by atoms with Gasteiger partial charge in [-0.05, 0) is 37.1 Å². The first-order valence-electron chi connectivity index (χ1n) is 6.29. The van der Waals surface area contributed by atoms with Crippen molar-refractivity contribution in [1.82, 2.24) is 9.97 Å². The fourth-order valence-electron chi connectivity index (χ4n) is 1.77. The summed E-state index contributed by atoms with van der Waals surface area (Å²) in [6, 6.07) is 7.35. The molecule has 0 spiro atoms. The molecule has 1 heterocycles. The number of nitrogens with zero attached hydrogens (tertiary/aromatic N) is 2. The molecule has 1 amide bonds. The highest BCUT2D eigenvalue weighted by atomic mass is 35.5. The van der Waals surface area contributed by atoms with Gasteiger partial charge in [-0.3, -0.25) is 10.1 Å². The van der Waals surface area contributed by atoms with Gasteiger partial charge in [0, 0.05) is 5.69 Å². The number of phenolic OH excluding ortho intramolecular Hbond substituents is 1. The van der Waals surface area contributed by atoms with Crippen LogP contribution in [0, 0.1) is 6.92 Å². The van der Waals surface area contributed by atoms with Crippen molar-refractivity contribution in [2.45, 2.75) is 19.4 Å². The van der Waals surface area contributed by atoms with Gasteiger partial charge < -0.3 is 10.8 Å². The van der Waals surface area contributed by atoms with Crippen molar-refractivity contribution in [3.8, 4) is 5.75 Å². The van der Waals surface area contributed by atoms with E-state index in [9.17, 15) is 9.90 Å². The van der Waals surface area contributed by atoms with Crippen molar-refractivity contribution >= 4 is 23.5 Å². The molecule has 4 N–H and O–H groups in total. The Labute approximate surface area is 127 Å². The minimum absolute atomic E-state index is 0.131. The molecule has 0 aliphatic rings. The summed E-state index contributed by atoms with van der Waals surface area (Å²) in [5.41, 5.74) is 7.34. The predicted octanol–water partition coefficient (Wildman–Crippen LogP) is 1.65. The highest BCUT2D eigenvalue weighted by Crippen LogP contribution is 2.12. The lowest BCUT2D eigenvalue weighted by Crippen LogP contribution is -2.37. The van der Waals surface area contributed by atoms with Gasteiger partial charge in [0.05, 0.1) is 6.04 Å². The van der Waals surface area contributed by atoms with Crippen LogP contribution in [0.5, 0.6) is 5.75 Å². The van der Waals surface area contributed by atoms with Crippen molar-refractivity contribution in [1.29, 1.82) is 0 Å². The Morgan fingerprint density at radius 1 is 1.38 bits per heavy atom. The van der Waals surface area contributed by atoms with Crippen LogP contribution in [0.1, 0.15) is 11.3 Å². The van der Waals surface area contributed by atoms with Gasteiger partial charge in [-0.2, -0.15) is 0 Å². The molecule has 1 unspecified atom stereocenters. The number of amides is 1. The quantitative estimate of drug-likeness (QED) is 0.746. The molecule has 0 aliphatic carbocycles. The van der Waals surface area contributed by atoms with E-state index in [2.05, 4.69) is 15.3 Å². The van der Waals surface area contributed by atoms with Crippen LogP contribution in [0.25, 0.3) is 0 Å². The van der Waals surface area contributed by atoms with Crippen LogP contribution in [-0.2, 0) is 11.2 Å². The van der Waals surface area contributed by atoms with Gasteiger partial charge in [0.25, 0.3) is 0 Å². The number of phenols is 1. The van der Waals surface area contributed by atoms with Gasteiger partial charge in [-0.15, -0.1) is 0 Å². The molecule has 0 saturated carbocycles. The number of aryl methyl sites for hydroxylation is 1. The third-order valence-corrected chi connectivity index (χ3v) is 2.98. The lowest BCUT2D eigenvalue weighted by molar-refractivity contribution is -0.117. The fourth-order valence-corrected chi connectivity index (χ4v) is 2.01. The van der Waals surface area contributed by atoms with E-state index in [1.54, 1.807) is 37.3 Å². The molecule has 2 rings (SSSR count). The number of anilines is 1. The zero-order valence-corrected chi connectivity index (χ0v) is 12.1. The molecule has 7 heteroatoms. The number of halogens is 1. The lowest BCUT2D eigenvalue weighted by Gasteiger charge is -2.12. The standard InChI is InChI=1S/C14H15ClN4O2/c1-8-6-12(15)18-14(17-8)19-13(21)11(16)7-9-2-4-10(20)5-3-9/h2-6,11,20H,7,16H2,1H3,(H,17,18,19,21). The van der Waals surface area contributed by atoms with E-state index in [1.807, 2.05) is 0 Å². The molecule has 0 fully saturated rings. The maximum absolute atomic E-state index is 12.0. The van der Waals surface area contributed by atoms with Crippen LogP contribution in [0.4, 0.5) is 5.95 Å². The number of benzene rings is 1. The maximum Gasteiger partial charge on any atom is 0.243 e.